The average molecular weight is 333 g/mol. The van der Waals surface area contributed by atoms with Crippen molar-refractivity contribution in [3.05, 3.63) is 59.7 Å². The Bertz CT molecular complexity index is 686. The quantitative estimate of drug-likeness (QED) is 0.754. The molecule has 0 aromatic heterocycles. The Morgan fingerprint density at radius 1 is 1.04 bits per heavy atom. The van der Waals surface area contributed by atoms with Crippen molar-refractivity contribution in [3.63, 3.8) is 0 Å². The molecule has 0 fully saturated rings. The molecule has 2 aromatic carbocycles. The Morgan fingerprint density at radius 3 is 2.33 bits per heavy atom. The molecule has 0 spiro atoms. The van der Waals surface area contributed by atoms with Gasteiger partial charge >= 0.3 is 0 Å². The molecular weight excluding hydrogens is 312 g/mol. The molecule has 128 valence electrons. The first-order valence-corrected chi connectivity index (χ1v) is 8.02. The van der Waals surface area contributed by atoms with Crippen LogP contribution in [0.2, 0.25) is 0 Å². The van der Waals surface area contributed by atoms with Crippen molar-refractivity contribution in [1.29, 1.82) is 0 Å². The van der Waals surface area contributed by atoms with E-state index in [2.05, 4.69) is 0 Å². The first-order valence-electron chi connectivity index (χ1n) is 8.02. The fraction of sp³-hybridized carbons (Fsp3) is 0.316. The first kappa shape index (κ1) is 17.9. The third-order valence-corrected chi connectivity index (χ3v) is 3.69. The van der Waals surface area contributed by atoms with Crippen LogP contribution in [0.1, 0.15) is 25.8 Å². The van der Waals surface area contributed by atoms with Crippen LogP contribution < -0.4 is 9.64 Å². The van der Waals surface area contributed by atoms with E-state index in [1.54, 1.807) is 6.92 Å². The van der Waals surface area contributed by atoms with E-state index in [-0.39, 0.29) is 5.91 Å². The third kappa shape index (κ3) is 4.54. The van der Waals surface area contributed by atoms with Gasteiger partial charge in [0.05, 0.1) is 6.61 Å². The Kier molecular flexibility index (Phi) is 6.29. The molecule has 2 aromatic rings. The number of carbonyl (C=O) groups is 1. The third-order valence-electron chi connectivity index (χ3n) is 3.69. The maximum Gasteiger partial charge on any atom is 0.227 e. The predicted octanol–water partition coefficient (Wildman–Crippen LogP) is 4.35. The lowest BCUT2D eigenvalue weighted by Crippen LogP contribution is -2.30. The van der Waals surface area contributed by atoms with E-state index in [1.807, 2.05) is 31.2 Å². The fourth-order valence-electron chi connectivity index (χ4n) is 2.46. The Hall–Kier alpha value is -2.43. The van der Waals surface area contributed by atoms with Crippen LogP contribution in [0.4, 0.5) is 14.5 Å². The number of amides is 1. The molecule has 0 aliphatic heterocycles. The summed E-state index contributed by atoms with van der Waals surface area (Å²) in [5.74, 6) is -1.20. The van der Waals surface area contributed by atoms with Gasteiger partial charge in [-0.25, -0.2) is 8.78 Å². The molecule has 0 atom stereocenters. The van der Waals surface area contributed by atoms with E-state index < -0.39 is 11.6 Å². The van der Waals surface area contributed by atoms with E-state index in [0.717, 1.165) is 23.4 Å². The van der Waals surface area contributed by atoms with Crippen LogP contribution >= 0.6 is 0 Å². The highest BCUT2D eigenvalue weighted by molar-refractivity contribution is 5.93. The molecule has 0 unspecified atom stereocenters. The van der Waals surface area contributed by atoms with E-state index in [9.17, 15) is 13.6 Å². The van der Waals surface area contributed by atoms with Gasteiger partial charge in [-0.05, 0) is 50.1 Å². The molecule has 3 nitrogen and oxygen atoms in total. The summed E-state index contributed by atoms with van der Waals surface area (Å²) in [6.45, 7) is 4.73. The zero-order valence-electron chi connectivity index (χ0n) is 13.9. The van der Waals surface area contributed by atoms with E-state index in [0.29, 0.717) is 31.7 Å². The second-order valence-corrected chi connectivity index (χ2v) is 5.31. The lowest BCUT2D eigenvalue weighted by atomic mass is 10.1. The number of anilines is 1. The Labute approximate surface area is 140 Å². The summed E-state index contributed by atoms with van der Waals surface area (Å²) in [7, 11) is 0. The normalized spacial score (nSPS) is 10.5. The second-order valence-electron chi connectivity index (χ2n) is 5.31. The van der Waals surface area contributed by atoms with Crippen LogP contribution in [-0.4, -0.2) is 19.1 Å². The molecule has 24 heavy (non-hydrogen) atoms. The topological polar surface area (TPSA) is 29.5 Å². The summed E-state index contributed by atoms with van der Waals surface area (Å²) in [6, 6.07) is 11.1. The van der Waals surface area contributed by atoms with Gasteiger partial charge < -0.3 is 9.64 Å². The molecule has 0 radical (unpaired) electrons. The molecule has 2 rings (SSSR count). The number of halogens is 2. The SMILES string of the molecule is CCOc1ccc(CCC(=O)N(CC)c2ccc(F)c(F)c2)cc1. The summed E-state index contributed by atoms with van der Waals surface area (Å²) >= 11 is 0. The van der Waals surface area contributed by atoms with Gasteiger partial charge in [-0.3, -0.25) is 4.79 Å². The van der Waals surface area contributed by atoms with Gasteiger partial charge in [0.25, 0.3) is 0 Å². The standard InChI is InChI=1S/C19H21F2NO2/c1-3-22(15-8-11-17(20)18(21)13-15)19(23)12-7-14-5-9-16(10-6-14)24-4-2/h5-6,8-11,13H,3-4,7,12H2,1-2H3. The maximum absolute atomic E-state index is 13.4. The minimum atomic E-state index is -0.953. The second kappa shape index (κ2) is 8.43. The number of benzene rings is 2. The fourth-order valence-corrected chi connectivity index (χ4v) is 2.46. The first-order chi connectivity index (χ1) is 11.5. The lowest BCUT2D eigenvalue weighted by molar-refractivity contribution is -0.118. The highest BCUT2D eigenvalue weighted by Gasteiger charge is 2.15. The van der Waals surface area contributed by atoms with Crippen molar-refractivity contribution >= 4 is 11.6 Å². The van der Waals surface area contributed by atoms with Crippen LogP contribution in [0.15, 0.2) is 42.5 Å². The summed E-state index contributed by atoms with van der Waals surface area (Å²) in [4.78, 5) is 13.9. The number of carbonyl (C=O) groups excluding carboxylic acids is 1. The van der Waals surface area contributed by atoms with Gasteiger partial charge in [-0.15, -0.1) is 0 Å². The van der Waals surface area contributed by atoms with E-state index in [1.165, 1.54) is 11.0 Å². The summed E-state index contributed by atoms with van der Waals surface area (Å²) in [5, 5.41) is 0. The van der Waals surface area contributed by atoms with Crippen molar-refractivity contribution in [2.45, 2.75) is 26.7 Å². The molecule has 0 bridgehead atoms. The van der Waals surface area contributed by atoms with Gasteiger partial charge in [0.15, 0.2) is 11.6 Å². The number of rotatable bonds is 7. The van der Waals surface area contributed by atoms with Gasteiger partial charge in [0, 0.05) is 24.7 Å². The van der Waals surface area contributed by atoms with Crippen molar-refractivity contribution in [2.75, 3.05) is 18.1 Å². The summed E-state index contributed by atoms with van der Waals surface area (Å²) in [5.41, 5.74) is 1.39. The minimum absolute atomic E-state index is 0.127. The van der Waals surface area contributed by atoms with Crippen molar-refractivity contribution < 1.29 is 18.3 Å². The van der Waals surface area contributed by atoms with Crippen LogP contribution in [0, 0.1) is 11.6 Å². The van der Waals surface area contributed by atoms with Gasteiger partial charge in [0.1, 0.15) is 5.75 Å². The Balaban J connectivity index is 2.00. The molecule has 0 N–H and O–H groups in total. The average Bonchev–Trinajstić information content (AvgIpc) is 2.58. The van der Waals surface area contributed by atoms with Crippen LogP contribution in [0.5, 0.6) is 5.75 Å². The number of hydrogen-bond acceptors (Lipinski definition) is 2. The monoisotopic (exact) mass is 333 g/mol. The lowest BCUT2D eigenvalue weighted by Gasteiger charge is -2.21. The number of ether oxygens (including phenoxy) is 1. The van der Waals surface area contributed by atoms with Crippen molar-refractivity contribution in [2.24, 2.45) is 0 Å². The van der Waals surface area contributed by atoms with E-state index >= 15 is 0 Å². The zero-order valence-corrected chi connectivity index (χ0v) is 13.9. The van der Waals surface area contributed by atoms with Crippen molar-refractivity contribution in [1.82, 2.24) is 0 Å². The number of hydrogen-bond donors (Lipinski definition) is 0. The summed E-state index contributed by atoms with van der Waals surface area (Å²) in [6.07, 6.45) is 0.867. The van der Waals surface area contributed by atoms with E-state index in [4.69, 9.17) is 4.74 Å². The molecule has 0 heterocycles. The van der Waals surface area contributed by atoms with Gasteiger partial charge in [-0.2, -0.15) is 0 Å². The molecule has 0 saturated heterocycles. The molecule has 5 heteroatoms. The zero-order chi connectivity index (χ0) is 17.5. The predicted molar refractivity (Wildman–Crippen MR) is 90.3 cm³/mol. The molecular formula is C19H21F2NO2. The number of nitrogens with zero attached hydrogens (tertiary/aromatic N) is 1. The summed E-state index contributed by atoms with van der Waals surface area (Å²) < 4.78 is 31.8. The van der Waals surface area contributed by atoms with Crippen LogP contribution in [-0.2, 0) is 11.2 Å². The largest absolute Gasteiger partial charge is 0.494 e. The van der Waals surface area contributed by atoms with Crippen LogP contribution in [0.3, 0.4) is 0 Å². The van der Waals surface area contributed by atoms with Crippen molar-refractivity contribution in [3.8, 4) is 5.75 Å². The molecule has 0 aliphatic carbocycles. The molecule has 1 amide bonds. The highest BCUT2D eigenvalue weighted by atomic mass is 19.2. The number of aryl methyl sites for hydroxylation is 1. The highest BCUT2D eigenvalue weighted by Crippen LogP contribution is 2.20. The Morgan fingerprint density at radius 2 is 1.75 bits per heavy atom. The maximum atomic E-state index is 13.4. The van der Waals surface area contributed by atoms with Crippen LogP contribution in [0.25, 0.3) is 0 Å². The minimum Gasteiger partial charge on any atom is -0.494 e. The molecule has 0 aliphatic rings. The van der Waals surface area contributed by atoms with Gasteiger partial charge in [0.2, 0.25) is 5.91 Å². The smallest absolute Gasteiger partial charge is 0.227 e. The molecule has 0 saturated carbocycles. The van der Waals surface area contributed by atoms with Gasteiger partial charge in [-0.1, -0.05) is 12.1 Å².